The minimum atomic E-state index is -0.180. The van der Waals surface area contributed by atoms with Crippen molar-refractivity contribution in [1.82, 2.24) is 5.32 Å². The van der Waals surface area contributed by atoms with Crippen molar-refractivity contribution in [3.8, 4) is 0 Å². The first kappa shape index (κ1) is 9.24. The molecule has 0 aromatic rings. The fourth-order valence-electron chi connectivity index (χ4n) is 2.11. The summed E-state index contributed by atoms with van der Waals surface area (Å²) >= 11 is 0. The molecule has 1 N–H and O–H groups in total. The number of piperidine rings is 1. The van der Waals surface area contributed by atoms with Crippen molar-refractivity contribution in [2.24, 2.45) is 11.8 Å². The Morgan fingerprint density at radius 2 is 2.43 bits per heavy atom. The first-order valence-electron chi connectivity index (χ1n) is 4.83. The lowest BCUT2D eigenvalue weighted by Gasteiger charge is -2.35. The highest BCUT2D eigenvalue weighted by Crippen LogP contribution is 2.33. The van der Waals surface area contributed by atoms with E-state index in [1.165, 1.54) is 6.26 Å². The van der Waals surface area contributed by atoms with Gasteiger partial charge in [-0.3, -0.25) is 4.79 Å². The maximum Gasteiger partial charge on any atom is 0.250 e. The van der Waals surface area contributed by atoms with E-state index in [9.17, 15) is 9.59 Å². The highest BCUT2D eigenvalue weighted by Gasteiger charge is 2.38. The average Bonchev–Trinajstić information content (AvgIpc) is 2.18. The van der Waals surface area contributed by atoms with Crippen LogP contribution in [0.5, 0.6) is 0 Å². The predicted octanol–water partition coefficient (Wildman–Crippen LogP) is 0.240. The van der Waals surface area contributed by atoms with Gasteiger partial charge in [0.1, 0.15) is 12.4 Å². The molecule has 1 amide bonds. The van der Waals surface area contributed by atoms with Crippen molar-refractivity contribution in [2.75, 3.05) is 6.54 Å². The number of aldehydes is 1. The number of amides is 1. The summed E-state index contributed by atoms with van der Waals surface area (Å²) in [6.45, 7) is 2.51. The Morgan fingerprint density at radius 3 is 3.14 bits per heavy atom. The zero-order valence-electron chi connectivity index (χ0n) is 8.03. The van der Waals surface area contributed by atoms with Crippen LogP contribution >= 0.6 is 0 Å². The largest absolute Gasteiger partial charge is 0.497 e. The third-order valence-electron chi connectivity index (χ3n) is 2.98. The van der Waals surface area contributed by atoms with E-state index >= 15 is 0 Å². The number of rotatable bonds is 1. The number of hydrogen-bond acceptors (Lipinski definition) is 3. The topological polar surface area (TPSA) is 55.4 Å². The van der Waals surface area contributed by atoms with E-state index in [-0.39, 0.29) is 23.8 Å². The predicted molar refractivity (Wildman–Crippen MR) is 49.3 cm³/mol. The van der Waals surface area contributed by atoms with Gasteiger partial charge in [0.2, 0.25) is 0 Å². The van der Waals surface area contributed by atoms with Gasteiger partial charge in [0, 0.05) is 12.5 Å². The van der Waals surface area contributed by atoms with Crippen molar-refractivity contribution < 1.29 is 14.3 Å². The van der Waals surface area contributed by atoms with Gasteiger partial charge >= 0.3 is 0 Å². The fourth-order valence-corrected chi connectivity index (χ4v) is 2.11. The van der Waals surface area contributed by atoms with Crippen LogP contribution in [0.1, 0.15) is 13.3 Å². The number of fused-ring (bicyclic) bond motifs is 1. The molecular formula is C10H13NO3. The Morgan fingerprint density at radius 1 is 1.64 bits per heavy atom. The van der Waals surface area contributed by atoms with Crippen LogP contribution in [0.3, 0.4) is 0 Å². The van der Waals surface area contributed by atoms with Gasteiger partial charge in [0.05, 0.1) is 17.8 Å². The summed E-state index contributed by atoms with van der Waals surface area (Å²) in [5.41, 5.74) is 0.617. The van der Waals surface area contributed by atoms with E-state index in [0.717, 1.165) is 12.7 Å². The van der Waals surface area contributed by atoms with Crippen LogP contribution in [-0.4, -0.2) is 24.8 Å². The van der Waals surface area contributed by atoms with Gasteiger partial charge < -0.3 is 14.8 Å². The minimum absolute atomic E-state index is 0.0463. The van der Waals surface area contributed by atoms with Crippen LogP contribution in [0.4, 0.5) is 0 Å². The summed E-state index contributed by atoms with van der Waals surface area (Å²) in [7, 11) is 0. The molecule has 4 heteroatoms. The minimum Gasteiger partial charge on any atom is -0.497 e. The van der Waals surface area contributed by atoms with Gasteiger partial charge in [-0.2, -0.15) is 0 Å². The molecule has 3 atom stereocenters. The molecule has 76 valence electrons. The molecule has 1 fully saturated rings. The van der Waals surface area contributed by atoms with Gasteiger partial charge in [0.15, 0.2) is 0 Å². The van der Waals surface area contributed by atoms with Crippen molar-refractivity contribution in [3.63, 3.8) is 0 Å². The lowest BCUT2D eigenvalue weighted by Crippen LogP contribution is -2.44. The van der Waals surface area contributed by atoms with E-state index in [2.05, 4.69) is 5.32 Å². The molecule has 2 heterocycles. The smallest absolute Gasteiger partial charge is 0.250 e. The van der Waals surface area contributed by atoms with Crippen LogP contribution in [0, 0.1) is 11.8 Å². The summed E-state index contributed by atoms with van der Waals surface area (Å²) in [6, 6.07) is 0. The van der Waals surface area contributed by atoms with E-state index in [4.69, 9.17) is 4.74 Å². The second-order valence-corrected chi connectivity index (χ2v) is 3.78. The van der Waals surface area contributed by atoms with Crippen LogP contribution in [-0.2, 0) is 14.3 Å². The molecular weight excluding hydrogens is 182 g/mol. The Balaban J connectivity index is 2.29. The summed E-state index contributed by atoms with van der Waals surface area (Å²) in [6.07, 6.45) is 3.12. The maximum absolute atomic E-state index is 11.4. The lowest BCUT2D eigenvalue weighted by atomic mass is 9.78. The third kappa shape index (κ3) is 1.31. The van der Waals surface area contributed by atoms with E-state index in [1.54, 1.807) is 0 Å². The summed E-state index contributed by atoms with van der Waals surface area (Å²) in [5, 5.41) is 2.74. The zero-order valence-corrected chi connectivity index (χ0v) is 8.03. The zero-order chi connectivity index (χ0) is 10.1. The Hall–Kier alpha value is -1.32. The summed E-state index contributed by atoms with van der Waals surface area (Å²) in [4.78, 5) is 22.3. The summed E-state index contributed by atoms with van der Waals surface area (Å²) < 4.78 is 5.27. The fraction of sp³-hybridized carbons (Fsp3) is 0.600. The van der Waals surface area contributed by atoms with E-state index in [0.29, 0.717) is 12.1 Å². The third-order valence-corrected chi connectivity index (χ3v) is 2.98. The second kappa shape index (κ2) is 3.44. The molecule has 1 saturated heterocycles. The number of nitrogens with one attached hydrogen (secondary N) is 1. The Kier molecular flexibility index (Phi) is 2.27. The molecule has 0 aliphatic carbocycles. The van der Waals surface area contributed by atoms with Crippen LogP contribution in [0.25, 0.3) is 0 Å². The molecule has 2 rings (SSSR count). The molecule has 4 nitrogen and oxygen atoms in total. The molecule has 0 aromatic heterocycles. The van der Waals surface area contributed by atoms with Crippen molar-refractivity contribution >= 4 is 12.2 Å². The van der Waals surface area contributed by atoms with Gasteiger partial charge in [0.25, 0.3) is 5.91 Å². The molecule has 0 aromatic carbocycles. The van der Waals surface area contributed by atoms with Crippen LogP contribution in [0.15, 0.2) is 11.8 Å². The molecule has 14 heavy (non-hydrogen) atoms. The van der Waals surface area contributed by atoms with Crippen molar-refractivity contribution in [3.05, 3.63) is 11.8 Å². The highest BCUT2D eigenvalue weighted by atomic mass is 16.5. The van der Waals surface area contributed by atoms with Crippen molar-refractivity contribution in [2.45, 2.75) is 19.4 Å². The summed E-state index contributed by atoms with van der Waals surface area (Å²) in [5.74, 6) is -0.231. The average molecular weight is 195 g/mol. The normalized spacial score (nSPS) is 36.2. The quantitative estimate of drug-likeness (QED) is 0.610. The number of hydrogen-bond donors (Lipinski definition) is 1. The molecule has 0 bridgehead atoms. The van der Waals surface area contributed by atoms with Gasteiger partial charge in [-0.1, -0.05) is 0 Å². The van der Waals surface area contributed by atoms with Crippen LogP contribution in [0.2, 0.25) is 0 Å². The molecule has 0 radical (unpaired) electrons. The standard InChI is InChI=1S/C10H13NO3/c1-6-8(4-12)7-2-3-11-10(13)9(7)5-14-6/h4-8H,2-3H2,1H3,(H,11,13). The Labute approximate surface area is 82.3 Å². The molecule has 3 unspecified atom stereocenters. The first-order valence-corrected chi connectivity index (χ1v) is 4.83. The highest BCUT2D eigenvalue weighted by molar-refractivity contribution is 5.95. The van der Waals surface area contributed by atoms with E-state index in [1.807, 2.05) is 6.92 Å². The Bertz CT molecular complexity index is 298. The van der Waals surface area contributed by atoms with Crippen LogP contribution < -0.4 is 5.32 Å². The molecule has 0 saturated carbocycles. The van der Waals surface area contributed by atoms with Gasteiger partial charge in [-0.15, -0.1) is 0 Å². The number of ether oxygens (including phenoxy) is 1. The lowest BCUT2D eigenvalue weighted by molar-refractivity contribution is -0.123. The second-order valence-electron chi connectivity index (χ2n) is 3.78. The first-order chi connectivity index (χ1) is 6.74. The van der Waals surface area contributed by atoms with E-state index < -0.39 is 0 Å². The van der Waals surface area contributed by atoms with Crippen molar-refractivity contribution in [1.29, 1.82) is 0 Å². The molecule has 0 spiro atoms. The number of carbonyl (C=O) groups excluding carboxylic acids is 2. The number of carbonyl (C=O) groups is 2. The van der Waals surface area contributed by atoms with Gasteiger partial charge in [-0.25, -0.2) is 0 Å². The SMILES string of the molecule is CC1OC=C2C(=O)NCCC2C1C=O. The maximum atomic E-state index is 11.4. The molecule has 2 aliphatic rings. The monoisotopic (exact) mass is 195 g/mol. The molecule has 2 aliphatic heterocycles. The van der Waals surface area contributed by atoms with Gasteiger partial charge in [-0.05, 0) is 13.3 Å².